The van der Waals surface area contributed by atoms with E-state index in [0.717, 1.165) is 42.5 Å². The topological polar surface area (TPSA) is 363 Å². The molecule has 0 fully saturated rings. The maximum absolute atomic E-state index is 14.3. The van der Waals surface area contributed by atoms with Crippen LogP contribution in [0.1, 0.15) is 152 Å². The Morgan fingerprint density at radius 3 is 0.883 bits per heavy atom. The Morgan fingerprint density at radius 1 is 0.383 bits per heavy atom. The van der Waals surface area contributed by atoms with Crippen molar-refractivity contribution in [2.24, 2.45) is 28.2 Å². The van der Waals surface area contributed by atoms with E-state index in [0.29, 0.717) is 82.6 Å². The predicted octanol–water partition coefficient (Wildman–Crippen LogP) is 13.9. The van der Waals surface area contributed by atoms with Crippen LogP contribution in [0, 0.1) is 49.6 Å². The van der Waals surface area contributed by atoms with Gasteiger partial charge in [0, 0.05) is 132 Å². The number of aromatic nitrogens is 12. The molecule has 8 bridgehead atoms. The van der Waals surface area contributed by atoms with E-state index in [1.54, 1.807) is 80.4 Å². The zero-order valence-corrected chi connectivity index (χ0v) is 65.1. The van der Waals surface area contributed by atoms with Crippen LogP contribution in [0.2, 0.25) is 0 Å². The smallest absolute Gasteiger partial charge is 0.260 e. The first-order chi connectivity index (χ1) is 61.2. The summed E-state index contributed by atoms with van der Waals surface area (Å²) in [4.78, 5) is 88.2. The number of pyridine rings is 4. The molecule has 32 nitrogen and oxygen atoms in total. The molecule has 4 unspecified atom stereocenters. The number of carbonyl (C=O) groups excluding carboxylic acids is 4. The van der Waals surface area contributed by atoms with Crippen molar-refractivity contribution in [1.29, 1.82) is 0 Å². The summed E-state index contributed by atoms with van der Waals surface area (Å²) in [5, 5.41) is 17.4. The maximum atomic E-state index is 14.3. The Bertz CT molecular complexity index is 6610. The standard InChI is InChI=1S/4C21H19FN6O2/c4*1-11-15-8-13(22)5-6-14(15)21(29)27(3)10-16-18(20(24-2)28(4)26-16)12-7-17(30-11)19(23)25-9-12/h4*5-9,11H,10H2,1,3-4H3,(H2,23,25)/i1D3,11D;2*3D3;. The molecule has 4 aliphatic rings. The highest BCUT2D eigenvalue weighted by molar-refractivity contribution is 5.99. The fourth-order valence-electron chi connectivity index (χ4n) is 13.9. The van der Waals surface area contributed by atoms with Crippen molar-refractivity contribution in [3.63, 3.8) is 0 Å². The van der Waals surface area contributed by atoms with Crippen LogP contribution in [0.3, 0.4) is 0 Å². The van der Waals surface area contributed by atoms with Gasteiger partial charge in [0.2, 0.25) is 0 Å². The van der Waals surface area contributed by atoms with Crippen molar-refractivity contribution in [3.8, 4) is 67.5 Å². The number of benzene rings is 4. The summed E-state index contributed by atoms with van der Waals surface area (Å²) in [5.41, 5.74) is 28.8. The lowest BCUT2D eigenvalue weighted by atomic mass is 10.0. The van der Waals surface area contributed by atoms with Crippen LogP contribution in [0.4, 0.5) is 64.1 Å². The lowest BCUT2D eigenvalue weighted by molar-refractivity contribution is 0.0771. The first-order valence-electron chi connectivity index (χ1n) is 41.0. The summed E-state index contributed by atoms with van der Waals surface area (Å²) in [5.74, 6) is -4.11. The highest BCUT2D eigenvalue weighted by Gasteiger charge is 2.34. The van der Waals surface area contributed by atoms with Gasteiger partial charge in [-0.3, -0.25) is 19.2 Å². The van der Waals surface area contributed by atoms with Gasteiger partial charge in [0.05, 0.1) is 55.7 Å². The Balaban J connectivity index is 0.000000148. The minimum absolute atomic E-state index is 0.0360. The van der Waals surface area contributed by atoms with E-state index in [2.05, 4.69) is 59.7 Å². The highest BCUT2D eigenvalue weighted by atomic mass is 19.1. The van der Waals surface area contributed by atoms with E-state index in [1.807, 2.05) is 0 Å². The number of rotatable bonds is 0. The van der Waals surface area contributed by atoms with Crippen LogP contribution in [0.25, 0.3) is 63.9 Å². The number of aryl methyl sites for hydroxylation is 4. The number of fused-ring (bicyclic) bond motifs is 20. The van der Waals surface area contributed by atoms with Gasteiger partial charge in [0.25, 0.3) is 46.9 Å². The number of nitrogens with zero attached hydrogens (tertiary/aromatic N) is 20. The van der Waals surface area contributed by atoms with E-state index in [9.17, 15) is 36.7 Å². The van der Waals surface area contributed by atoms with Crippen molar-refractivity contribution < 1.29 is 69.4 Å². The molecule has 12 aromatic rings. The molecule has 4 aliphatic heterocycles. The van der Waals surface area contributed by atoms with Gasteiger partial charge in [-0.1, -0.05) is 26.3 Å². The third-order valence-corrected chi connectivity index (χ3v) is 19.7. The molecule has 0 aliphatic carbocycles. The van der Waals surface area contributed by atoms with Gasteiger partial charge in [-0.15, -0.1) is 20.4 Å². The molecule has 16 rings (SSSR count). The molecule has 12 heterocycles. The number of nitrogen functional groups attached to an aromatic ring is 4. The molecule has 0 saturated heterocycles. The van der Waals surface area contributed by atoms with Crippen LogP contribution < -0.4 is 41.9 Å². The second kappa shape index (κ2) is 33.2. The largest absolute Gasteiger partial charge is 0.482 e. The van der Waals surface area contributed by atoms with Gasteiger partial charge in [-0.2, -0.15) is 0 Å². The number of carbonyl (C=O) groups is 4. The van der Waals surface area contributed by atoms with Gasteiger partial charge >= 0.3 is 0 Å². The third kappa shape index (κ3) is 16.0. The minimum atomic E-state index is -3.16. The molecule has 8 aromatic heterocycles. The number of hydrogen-bond donors (Lipinski definition) is 4. The van der Waals surface area contributed by atoms with Crippen molar-refractivity contribution >= 4 is 70.2 Å². The first kappa shape index (κ1) is 69.8. The van der Waals surface area contributed by atoms with Gasteiger partial charge in [0.15, 0.2) is 46.3 Å². The third-order valence-electron chi connectivity index (χ3n) is 19.7. The molecule has 4 amide bonds. The fraction of sp³-hybridized carbons (Fsp3) is 0.238. The molecule has 4 aromatic carbocycles. The number of nitrogens with two attached hydrogens (primary N) is 4. The van der Waals surface area contributed by atoms with Gasteiger partial charge in [-0.25, -0.2) is 56.2 Å². The summed E-state index contributed by atoms with van der Waals surface area (Å²) in [6.07, 6.45) is 0.431. The molecular weight excluding hydrogens is 1550 g/mol. The molecular formula is C84H76F4N24O8. The fourth-order valence-corrected chi connectivity index (χ4v) is 13.9. The van der Waals surface area contributed by atoms with E-state index in [4.69, 9.17) is 81.9 Å². The molecule has 8 N–H and O–H groups in total. The monoisotopic (exact) mass is 1630 g/mol. The number of hydrogen-bond acceptors (Lipinski definition) is 20. The van der Waals surface area contributed by atoms with Crippen molar-refractivity contribution in [1.82, 2.24) is 78.7 Å². The molecule has 0 radical (unpaired) electrons. The van der Waals surface area contributed by atoms with Crippen LogP contribution in [-0.4, -0.2) is 130 Å². The molecule has 608 valence electrons. The van der Waals surface area contributed by atoms with Crippen LogP contribution in [0.5, 0.6) is 23.0 Å². The average Bonchev–Trinajstić information content (AvgIpc) is 1.19. The molecule has 36 heteroatoms. The second-order valence-electron chi connectivity index (χ2n) is 27.7. The zero-order chi connectivity index (χ0) is 94.7. The maximum Gasteiger partial charge on any atom is 0.260 e. The first-order valence-corrected chi connectivity index (χ1v) is 36.0. The van der Waals surface area contributed by atoms with Gasteiger partial charge in [-0.05, 0) is 147 Å². The molecule has 0 saturated carbocycles. The number of ether oxygens (including phenoxy) is 4. The number of halogens is 4. The van der Waals surface area contributed by atoms with E-state index < -0.39 is 105 Å². The van der Waals surface area contributed by atoms with E-state index in [1.165, 1.54) is 90.6 Å². The minimum Gasteiger partial charge on any atom is -0.482 e. The number of amides is 4. The van der Waals surface area contributed by atoms with Crippen molar-refractivity contribution in [3.05, 3.63) is 258 Å². The second-order valence-corrected chi connectivity index (χ2v) is 27.7. The Kier molecular flexibility index (Phi) is 19.3. The van der Waals surface area contributed by atoms with Crippen molar-refractivity contribution in [2.45, 2.75) is 78.2 Å². The van der Waals surface area contributed by atoms with Crippen LogP contribution >= 0.6 is 0 Å². The predicted molar refractivity (Wildman–Crippen MR) is 433 cm³/mol. The van der Waals surface area contributed by atoms with E-state index >= 15 is 0 Å². The quantitative estimate of drug-likeness (QED) is 0.0809. The SMILES string of the molecule is [2H]C([2H])([2H])C1([2H])Oc2cc(cnc2N)-c2c(nn(C)c2[N+]#[C-])CN(C)C(=O)c2ccc(F)cc21.[2H]C([2H])([2H])N1Cc2nn(C)c([N+]#[C-])c2-c2cnc(N)c(c2)OC(C)c2cc(F)ccc2C1=O.[2H]C([2H])([2H])N1Cc2nn(C)c([N+]#[C-])c2-c2cnc(N)c(c2)OC(C)c2cc(F)ccc2C1=O.[C-]#[N+]c1c2c(nn1C)CN(C)C(=O)c1ccc(F)cc1C(C)Oc1cc-2cnc1N. The van der Waals surface area contributed by atoms with Crippen molar-refractivity contribution in [2.75, 3.05) is 51.0 Å². The average molecular weight is 1640 g/mol. The summed E-state index contributed by atoms with van der Waals surface area (Å²) in [7, 11) is 9.41. The zero-order valence-electron chi connectivity index (χ0n) is 75.1. The lowest BCUT2D eigenvalue weighted by Crippen LogP contribution is -2.28. The lowest BCUT2D eigenvalue weighted by Gasteiger charge is -2.23. The summed E-state index contributed by atoms with van der Waals surface area (Å²) in [6.45, 7) is 25.6. The van der Waals surface area contributed by atoms with E-state index in [-0.39, 0.29) is 122 Å². The Morgan fingerprint density at radius 2 is 0.625 bits per heavy atom. The molecule has 4 atom stereocenters. The van der Waals surface area contributed by atoms with Gasteiger partial charge < -0.3 is 80.9 Å². The summed E-state index contributed by atoms with van der Waals surface area (Å²) < 4.78 is 166. The molecule has 0 spiro atoms. The normalized spacial score (nSPS) is 18.1. The molecule has 120 heavy (non-hydrogen) atoms. The highest BCUT2D eigenvalue weighted by Crippen LogP contribution is 2.45. The Hall–Kier alpha value is -15.7. The summed E-state index contributed by atoms with van der Waals surface area (Å²) in [6, 6.07) is 19.9. The van der Waals surface area contributed by atoms with Crippen LogP contribution in [0.15, 0.2) is 122 Å². The summed E-state index contributed by atoms with van der Waals surface area (Å²) >= 11 is 0. The van der Waals surface area contributed by atoms with Crippen LogP contribution in [-0.2, 0) is 54.4 Å². The number of anilines is 4. The van der Waals surface area contributed by atoms with Gasteiger partial charge in [0.1, 0.15) is 70.4 Å². The Labute approximate surface area is 698 Å².